The van der Waals surface area contributed by atoms with E-state index in [2.05, 4.69) is 29.1 Å². The lowest BCUT2D eigenvalue weighted by molar-refractivity contribution is -0.116. The summed E-state index contributed by atoms with van der Waals surface area (Å²) in [7, 11) is -3.69. The molecule has 1 amide bonds. The zero-order valence-corrected chi connectivity index (χ0v) is 18.0. The Bertz CT molecular complexity index is 1110. The SMILES string of the molecule is CCc1ccc(CCC(=O)Nc2ccc(S(=O)(=O)Nc3cccc(C)c3)cc2)cc1. The van der Waals surface area contributed by atoms with Crippen LogP contribution >= 0.6 is 0 Å². The number of rotatable bonds is 8. The monoisotopic (exact) mass is 422 g/mol. The second-order valence-corrected chi connectivity index (χ2v) is 8.90. The first-order chi connectivity index (χ1) is 14.4. The molecule has 0 bridgehead atoms. The number of anilines is 2. The molecule has 0 atom stereocenters. The van der Waals surface area contributed by atoms with Gasteiger partial charge >= 0.3 is 0 Å². The van der Waals surface area contributed by atoms with Crippen LogP contribution in [0.5, 0.6) is 0 Å². The Morgan fingerprint density at radius 1 is 0.867 bits per heavy atom. The van der Waals surface area contributed by atoms with Gasteiger partial charge in [-0.15, -0.1) is 0 Å². The van der Waals surface area contributed by atoms with Crippen molar-refractivity contribution < 1.29 is 13.2 Å². The molecule has 0 aromatic heterocycles. The van der Waals surface area contributed by atoms with Gasteiger partial charge < -0.3 is 5.32 Å². The molecular weight excluding hydrogens is 396 g/mol. The summed E-state index contributed by atoms with van der Waals surface area (Å²) in [4.78, 5) is 12.4. The molecule has 0 radical (unpaired) electrons. The molecule has 3 aromatic rings. The van der Waals surface area contributed by atoms with E-state index in [4.69, 9.17) is 0 Å². The molecule has 0 spiro atoms. The minimum absolute atomic E-state index is 0.108. The number of hydrogen-bond acceptors (Lipinski definition) is 3. The molecule has 3 aromatic carbocycles. The highest BCUT2D eigenvalue weighted by Crippen LogP contribution is 2.19. The normalized spacial score (nSPS) is 11.1. The number of sulfonamides is 1. The van der Waals surface area contributed by atoms with Crippen molar-refractivity contribution in [3.05, 3.63) is 89.5 Å². The van der Waals surface area contributed by atoms with Crippen molar-refractivity contribution in [2.45, 2.75) is 38.0 Å². The van der Waals surface area contributed by atoms with Crippen molar-refractivity contribution in [2.75, 3.05) is 10.0 Å². The lowest BCUT2D eigenvalue weighted by Gasteiger charge is -2.10. The van der Waals surface area contributed by atoms with Crippen LogP contribution in [-0.2, 0) is 27.7 Å². The van der Waals surface area contributed by atoms with Gasteiger partial charge in [-0.1, -0.05) is 43.3 Å². The summed E-state index contributed by atoms with van der Waals surface area (Å²) in [5.41, 5.74) is 4.44. The van der Waals surface area contributed by atoms with E-state index in [9.17, 15) is 13.2 Å². The van der Waals surface area contributed by atoms with E-state index in [0.717, 1.165) is 17.5 Å². The van der Waals surface area contributed by atoms with Crippen LogP contribution in [0.25, 0.3) is 0 Å². The Kier molecular flexibility index (Phi) is 6.90. The smallest absolute Gasteiger partial charge is 0.261 e. The largest absolute Gasteiger partial charge is 0.326 e. The Morgan fingerprint density at radius 2 is 1.53 bits per heavy atom. The fraction of sp³-hybridized carbons (Fsp3) is 0.208. The average Bonchev–Trinajstić information content (AvgIpc) is 2.73. The average molecular weight is 423 g/mol. The third kappa shape index (κ3) is 5.94. The first-order valence-electron chi connectivity index (χ1n) is 9.93. The van der Waals surface area contributed by atoms with E-state index in [1.165, 1.54) is 17.7 Å². The van der Waals surface area contributed by atoms with Gasteiger partial charge in [-0.05, 0) is 72.9 Å². The van der Waals surface area contributed by atoms with E-state index < -0.39 is 10.0 Å². The minimum atomic E-state index is -3.69. The number of hydrogen-bond donors (Lipinski definition) is 2. The summed E-state index contributed by atoms with van der Waals surface area (Å²) >= 11 is 0. The van der Waals surface area contributed by atoms with Crippen LogP contribution in [0.15, 0.2) is 77.7 Å². The van der Waals surface area contributed by atoms with E-state index in [1.807, 2.05) is 25.1 Å². The van der Waals surface area contributed by atoms with Crippen LogP contribution in [0.3, 0.4) is 0 Å². The molecule has 0 saturated carbocycles. The van der Waals surface area contributed by atoms with Crippen LogP contribution in [-0.4, -0.2) is 14.3 Å². The van der Waals surface area contributed by atoms with Crippen LogP contribution in [0, 0.1) is 6.92 Å². The summed E-state index contributed by atoms with van der Waals surface area (Å²) in [6.07, 6.45) is 2.01. The Labute approximate surface area is 178 Å². The zero-order valence-electron chi connectivity index (χ0n) is 17.2. The third-order valence-electron chi connectivity index (χ3n) is 4.79. The van der Waals surface area contributed by atoms with Crippen molar-refractivity contribution >= 4 is 27.3 Å². The highest BCUT2D eigenvalue weighted by Gasteiger charge is 2.14. The Morgan fingerprint density at radius 3 is 2.17 bits per heavy atom. The van der Waals surface area contributed by atoms with Crippen LogP contribution in [0.2, 0.25) is 0 Å². The van der Waals surface area contributed by atoms with Crippen molar-refractivity contribution in [2.24, 2.45) is 0 Å². The molecule has 0 unspecified atom stereocenters. The van der Waals surface area contributed by atoms with Gasteiger partial charge in [0.25, 0.3) is 10.0 Å². The standard InChI is InChI=1S/C24H26N2O3S/c1-3-19-7-9-20(10-8-19)11-16-24(27)25-21-12-14-23(15-13-21)30(28,29)26-22-6-4-5-18(2)17-22/h4-10,12-15,17,26H,3,11,16H2,1-2H3,(H,25,27). The first-order valence-corrected chi connectivity index (χ1v) is 11.4. The molecule has 0 heterocycles. The topological polar surface area (TPSA) is 75.3 Å². The second kappa shape index (κ2) is 9.59. The molecule has 0 saturated heterocycles. The molecule has 5 nitrogen and oxygen atoms in total. The van der Waals surface area contributed by atoms with E-state index in [1.54, 1.807) is 30.3 Å². The minimum Gasteiger partial charge on any atom is -0.326 e. The molecule has 30 heavy (non-hydrogen) atoms. The van der Waals surface area contributed by atoms with E-state index >= 15 is 0 Å². The van der Waals surface area contributed by atoms with Crippen LogP contribution in [0.1, 0.15) is 30.0 Å². The molecular formula is C24H26N2O3S. The Balaban J connectivity index is 1.57. The highest BCUT2D eigenvalue weighted by atomic mass is 32.2. The number of benzene rings is 3. The molecule has 0 aliphatic heterocycles. The lowest BCUT2D eigenvalue weighted by atomic mass is 10.1. The summed E-state index contributed by atoms with van der Waals surface area (Å²) < 4.78 is 27.7. The van der Waals surface area contributed by atoms with Gasteiger partial charge in [-0.2, -0.15) is 0 Å². The van der Waals surface area contributed by atoms with Gasteiger partial charge in [0.05, 0.1) is 4.90 Å². The summed E-state index contributed by atoms with van der Waals surface area (Å²) in [5.74, 6) is -0.108. The van der Waals surface area contributed by atoms with Gasteiger partial charge in [0.1, 0.15) is 0 Å². The number of carbonyl (C=O) groups is 1. The fourth-order valence-electron chi connectivity index (χ4n) is 3.06. The van der Waals surface area contributed by atoms with Crippen LogP contribution < -0.4 is 10.0 Å². The predicted octanol–water partition coefficient (Wildman–Crippen LogP) is 4.93. The lowest BCUT2D eigenvalue weighted by Crippen LogP contribution is -2.14. The summed E-state index contributed by atoms with van der Waals surface area (Å²) in [6.45, 7) is 4.01. The molecule has 2 N–H and O–H groups in total. The van der Waals surface area contributed by atoms with Crippen molar-refractivity contribution in [3.8, 4) is 0 Å². The van der Waals surface area contributed by atoms with Crippen molar-refractivity contribution in [1.29, 1.82) is 0 Å². The molecule has 0 fully saturated rings. The third-order valence-corrected chi connectivity index (χ3v) is 6.19. The summed E-state index contributed by atoms with van der Waals surface area (Å²) in [5, 5.41) is 2.82. The maximum atomic E-state index is 12.6. The maximum absolute atomic E-state index is 12.6. The second-order valence-electron chi connectivity index (χ2n) is 7.22. The van der Waals surface area contributed by atoms with Gasteiger partial charge in [0, 0.05) is 17.8 Å². The van der Waals surface area contributed by atoms with E-state index in [0.29, 0.717) is 24.2 Å². The van der Waals surface area contributed by atoms with Crippen molar-refractivity contribution in [1.82, 2.24) is 0 Å². The number of nitrogens with one attached hydrogen (secondary N) is 2. The van der Waals surface area contributed by atoms with E-state index in [-0.39, 0.29) is 10.8 Å². The number of carbonyl (C=O) groups excluding carboxylic acids is 1. The van der Waals surface area contributed by atoms with Gasteiger partial charge in [0.2, 0.25) is 5.91 Å². The molecule has 3 rings (SSSR count). The van der Waals surface area contributed by atoms with Gasteiger partial charge in [-0.25, -0.2) is 8.42 Å². The Hall–Kier alpha value is -3.12. The first kappa shape index (κ1) is 21.6. The fourth-order valence-corrected chi connectivity index (χ4v) is 4.11. The zero-order chi connectivity index (χ0) is 21.6. The summed E-state index contributed by atoms with van der Waals surface area (Å²) in [6, 6.07) is 21.6. The highest BCUT2D eigenvalue weighted by molar-refractivity contribution is 7.92. The van der Waals surface area contributed by atoms with Gasteiger partial charge in [0.15, 0.2) is 0 Å². The van der Waals surface area contributed by atoms with Crippen molar-refractivity contribution in [3.63, 3.8) is 0 Å². The molecule has 6 heteroatoms. The molecule has 156 valence electrons. The number of amides is 1. The quantitative estimate of drug-likeness (QED) is 0.540. The maximum Gasteiger partial charge on any atom is 0.261 e. The number of aryl methyl sites for hydroxylation is 3. The van der Waals surface area contributed by atoms with Gasteiger partial charge in [-0.3, -0.25) is 9.52 Å². The van der Waals surface area contributed by atoms with Crippen LogP contribution in [0.4, 0.5) is 11.4 Å². The molecule has 0 aliphatic carbocycles. The molecule has 0 aliphatic rings. The predicted molar refractivity (Wildman–Crippen MR) is 121 cm³/mol.